The maximum atomic E-state index is 5.62. The number of ether oxygens (including phenoxy) is 1. The maximum absolute atomic E-state index is 5.62. The number of hydrogen-bond acceptors (Lipinski definition) is 5. The summed E-state index contributed by atoms with van der Waals surface area (Å²) in [5.41, 5.74) is 1.35. The van der Waals surface area contributed by atoms with Gasteiger partial charge in [0.05, 0.1) is 6.20 Å². The van der Waals surface area contributed by atoms with Gasteiger partial charge in [-0.05, 0) is 0 Å². The molecular formula is C8H9N5O. The van der Waals surface area contributed by atoms with Crippen LogP contribution in [0.2, 0.25) is 0 Å². The van der Waals surface area contributed by atoms with E-state index in [2.05, 4.69) is 25.7 Å². The molecule has 1 fully saturated rings. The van der Waals surface area contributed by atoms with Gasteiger partial charge in [-0.1, -0.05) is 0 Å². The third-order valence-electron chi connectivity index (χ3n) is 2.20. The molecule has 2 aromatic rings. The Morgan fingerprint density at radius 2 is 2.29 bits per heavy atom. The van der Waals surface area contributed by atoms with Crippen LogP contribution in [-0.2, 0) is 0 Å². The Morgan fingerprint density at radius 1 is 1.36 bits per heavy atom. The number of nitrogens with one attached hydrogen (secondary N) is 2. The molecule has 72 valence electrons. The van der Waals surface area contributed by atoms with Gasteiger partial charge < -0.3 is 10.1 Å². The molecule has 6 nitrogen and oxygen atoms in total. The third kappa shape index (κ3) is 1.20. The monoisotopic (exact) mass is 191 g/mol. The number of nitrogens with zero attached hydrogens (tertiary/aromatic N) is 3. The molecule has 14 heavy (non-hydrogen) atoms. The van der Waals surface area contributed by atoms with Crippen molar-refractivity contribution in [1.29, 1.82) is 0 Å². The van der Waals surface area contributed by atoms with E-state index in [1.807, 2.05) is 6.07 Å². The first-order valence-corrected chi connectivity index (χ1v) is 4.46. The number of aromatic amines is 1. The Kier molecular flexibility index (Phi) is 1.60. The van der Waals surface area contributed by atoms with Crippen LogP contribution in [0, 0.1) is 0 Å². The van der Waals surface area contributed by atoms with Gasteiger partial charge in [0.25, 0.3) is 0 Å². The lowest BCUT2D eigenvalue weighted by Crippen LogP contribution is -2.50. The van der Waals surface area contributed by atoms with Crippen LogP contribution in [0.15, 0.2) is 12.3 Å². The summed E-state index contributed by atoms with van der Waals surface area (Å²) in [7, 11) is 0. The van der Waals surface area contributed by atoms with Crippen molar-refractivity contribution in [3.8, 4) is 5.75 Å². The summed E-state index contributed by atoms with van der Waals surface area (Å²) in [6.07, 6.45) is 1.93. The summed E-state index contributed by atoms with van der Waals surface area (Å²) in [6, 6.07) is 1.84. The van der Waals surface area contributed by atoms with Gasteiger partial charge in [0.15, 0.2) is 0 Å². The van der Waals surface area contributed by atoms with Gasteiger partial charge in [0.1, 0.15) is 17.4 Å². The zero-order valence-electron chi connectivity index (χ0n) is 7.40. The Labute approximate surface area is 79.7 Å². The van der Waals surface area contributed by atoms with Crippen LogP contribution in [0.5, 0.6) is 5.75 Å². The number of fused-ring (bicyclic) bond motifs is 1. The Morgan fingerprint density at radius 3 is 3.07 bits per heavy atom. The second-order valence-electron chi connectivity index (χ2n) is 3.24. The number of aromatic nitrogens is 4. The molecule has 0 aromatic carbocycles. The molecule has 0 bridgehead atoms. The van der Waals surface area contributed by atoms with Crippen molar-refractivity contribution < 1.29 is 4.74 Å². The van der Waals surface area contributed by atoms with E-state index >= 15 is 0 Å². The lowest BCUT2D eigenvalue weighted by atomic mass is 10.2. The van der Waals surface area contributed by atoms with Crippen molar-refractivity contribution in [2.75, 3.05) is 13.1 Å². The fourth-order valence-corrected chi connectivity index (χ4v) is 1.32. The topological polar surface area (TPSA) is 75.7 Å². The predicted molar refractivity (Wildman–Crippen MR) is 49.0 cm³/mol. The van der Waals surface area contributed by atoms with Gasteiger partial charge in [0.2, 0.25) is 5.65 Å². The van der Waals surface area contributed by atoms with Gasteiger partial charge >= 0.3 is 0 Å². The summed E-state index contributed by atoms with van der Waals surface area (Å²) in [6.45, 7) is 1.80. The minimum absolute atomic E-state index is 0.265. The average Bonchev–Trinajstić information content (AvgIpc) is 2.58. The highest BCUT2D eigenvalue weighted by molar-refractivity contribution is 5.69. The van der Waals surface area contributed by atoms with Crippen LogP contribution < -0.4 is 10.1 Å². The van der Waals surface area contributed by atoms with Crippen molar-refractivity contribution in [3.63, 3.8) is 0 Å². The zero-order valence-corrected chi connectivity index (χ0v) is 7.40. The average molecular weight is 191 g/mol. The molecule has 0 spiro atoms. The van der Waals surface area contributed by atoms with Crippen LogP contribution >= 0.6 is 0 Å². The lowest BCUT2D eigenvalue weighted by molar-refractivity contribution is 0.142. The molecule has 2 aromatic heterocycles. The Hall–Kier alpha value is -1.69. The normalized spacial score (nSPS) is 16.9. The van der Waals surface area contributed by atoms with E-state index in [0.717, 1.165) is 24.4 Å². The molecule has 3 heterocycles. The van der Waals surface area contributed by atoms with Gasteiger partial charge in [0, 0.05) is 19.2 Å². The minimum Gasteiger partial charge on any atom is -0.486 e. The minimum atomic E-state index is 0.265. The first-order chi connectivity index (χ1) is 6.92. The van der Waals surface area contributed by atoms with Gasteiger partial charge in [-0.2, -0.15) is 10.3 Å². The van der Waals surface area contributed by atoms with E-state index in [-0.39, 0.29) is 6.10 Å². The van der Waals surface area contributed by atoms with Crippen molar-refractivity contribution >= 4 is 11.2 Å². The van der Waals surface area contributed by atoms with Gasteiger partial charge in [-0.15, -0.1) is 5.10 Å². The summed E-state index contributed by atoms with van der Waals surface area (Å²) < 4.78 is 5.62. The summed E-state index contributed by atoms with van der Waals surface area (Å²) in [5, 5.41) is 13.4. The molecule has 2 N–H and O–H groups in total. The largest absolute Gasteiger partial charge is 0.486 e. The molecule has 1 aliphatic rings. The molecule has 0 aliphatic carbocycles. The van der Waals surface area contributed by atoms with Crippen molar-refractivity contribution in [1.82, 2.24) is 25.7 Å². The molecule has 0 unspecified atom stereocenters. The number of rotatable bonds is 2. The van der Waals surface area contributed by atoms with E-state index in [0.29, 0.717) is 5.65 Å². The van der Waals surface area contributed by atoms with Gasteiger partial charge in [-0.3, -0.25) is 0 Å². The Bertz CT molecular complexity index is 450. The van der Waals surface area contributed by atoms with Gasteiger partial charge in [-0.25, -0.2) is 4.98 Å². The molecule has 3 rings (SSSR count). The first-order valence-electron chi connectivity index (χ1n) is 4.46. The van der Waals surface area contributed by atoms with Crippen molar-refractivity contribution in [2.24, 2.45) is 0 Å². The van der Waals surface area contributed by atoms with Crippen molar-refractivity contribution in [3.05, 3.63) is 12.3 Å². The summed E-state index contributed by atoms with van der Waals surface area (Å²) in [4.78, 5) is 4.10. The highest BCUT2D eigenvalue weighted by Crippen LogP contribution is 2.16. The van der Waals surface area contributed by atoms with E-state index < -0.39 is 0 Å². The van der Waals surface area contributed by atoms with E-state index in [1.54, 1.807) is 6.20 Å². The zero-order chi connectivity index (χ0) is 9.38. The molecule has 6 heteroatoms. The second-order valence-corrected chi connectivity index (χ2v) is 3.24. The molecule has 0 radical (unpaired) electrons. The SMILES string of the molecule is c1nc2n[nH]nc2cc1OC1CNC1. The molecular weight excluding hydrogens is 182 g/mol. The van der Waals surface area contributed by atoms with Crippen molar-refractivity contribution in [2.45, 2.75) is 6.10 Å². The molecule has 1 aliphatic heterocycles. The first kappa shape index (κ1) is 7.69. The molecule has 1 saturated heterocycles. The van der Waals surface area contributed by atoms with Crippen LogP contribution in [-0.4, -0.2) is 39.6 Å². The fourth-order valence-electron chi connectivity index (χ4n) is 1.32. The maximum Gasteiger partial charge on any atom is 0.201 e. The number of hydrogen-bond donors (Lipinski definition) is 2. The molecule has 0 amide bonds. The van der Waals surface area contributed by atoms with Crippen LogP contribution in [0.1, 0.15) is 0 Å². The smallest absolute Gasteiger partial charge is 0.201 e. The third-order valence-corrected chi connectivity index (χ3v) is 2.20. The van der Waals surface area contributed by atoms with E-state index in [1.165, 1.54) is 0 Å². The predicted octanol–water partition coefficient (Wildman–Crippen LogP) is -0.297. The Balaban J connectivity index is 1.88. The highest BCUT2D eigenvalue weighted by atomic mass is 16.5. The van der Waals surface area contributed by atoms with Crippen LogP contribution in [0.4, 0.5) is 0 Å². The number of pyridine rings is 1. The summed E-state index contributed by atoms with van der Waals surface area (Å²) in [5.74, 6) is 0.748. The summed E-state index contributed by atoms with van der Waals surface area (Å²) >= 11 is 0. The standard InChI is InChI=1S/C8H9N5O/c1-5(14-6-2-9-3-6)4-10-8-7(1)11-13-12-8/h1,4,6,9H,2-3H2,(H,10,11,12,13). The van der Waals surface area contributed by atoms with Crippen LogP contribution in [0.25, 0.3) is 11.2 Å². The number of H-pyrrole nitrogens is 1. The second kappa shape index (κ2) is 2.91. The van der Waals surface area contributed by atoms with Crippen LogP contribution in [0.3, 0.4) is 0 Å². The highest BCUT2D eigenvalue weighted by Gasteiger charge is 2.18. The molecule has 0 atom stereocenters. The van der Waals surface area contributed by atoms with E-state index in [4.69, 9.17) is 4.74 Å². The molecule has 0 saturated carbocycles. The lowest BCUT2D eigenvalue weighted by Gasteiger charge is -2.27. The quantitative estimate of drug-likeness (QED) is 0.681. The van der Waals surface area contributed by atoms with E-state index in [9.17, 15) is 0 Å². The fraction of sp³-hybridized carbons (Fsp3) is 0.375.